The van der Waals surface area contributed by atoms with Gasteiger partial charge in [-0.15, -0.1) is 0 Å². The summed E-state index contributed by atoms with van der Waals surface area (Å²) in [6.45, 7) is 5.13. The van der Waals surface area contributed by atoms with Crippen molar-refractivity contribution in [3.8, 4) is 6.07 Å². The molecule has 1 heterocycles. The number of benzene rings is 1. The third-order valence-corrected chi connectivity index (χ3v) is 2.98. The third-order valence-electron chi connectivity index (χ3n) is 2.98. The van der Waals surface area contributed by atoms with Gasteiger partial charge >= 0.3 is 0 Å². The van der Waals surface area contributed by atoms with Crippen LogP contribution in [0.5, 0.6) is 0 Å². The van der Waals surface area contributed by atoms with Crippen molar-refractivity contribution in [2.24, 2.45) is 5.41 Å². The Labute approximate surface area is 107 Å². The number of fused-ring (bicyclic) bond motifs is 1. The van der Waals surface area contributed by atoms with E-state index in [0.29, 0.717) is 25.3 Å². The molecule has 0 unspecified atom stereocenters. The standard InChI is InChI=1S/C14H16N2O2/c1-14(2,8-15)9-16-13(17)10-3-4-11-6-18-7-12(11)5-10/h3-5H,6-7,9H2,1-2H3,(H,16,17). The van der Waals surface area contributed by atoms with E-state index in [1.807, 2.05) is 12.1 Å². The highest BCUT2D eigenvalue weighted by Gasteiger charge is 2.19. The normalized spacial score (nSPS) is 13.8. The van der Waals surface area contributed by atoms with Gasteiger partial charge in [0, 0.05) is 12.1 Å². The zero-order valence-corrected chi connectivity index (χ0v) is 10.6. The average molecular weight is 244 g/mol. The lowest BCUT2D eigenvalue weighted by Gasteiger charge is -2.15. The van der Waals surface area contributed by atoms with Crippen molar-refractivity contribution in [2.75, 3.05) is 6.54 Å². The van der Waals surface area contributed by atoms with E-state index in [1.54, 1.807) is 19.9 Å². The number of hydrogen-bond donors (Lipinski definition) is 1. The minimum atomic E-state index is -0.546. The molecule has 0 saturated heterocycles. The maximum absolute atomic E-state index is 11.9. The van der Waals surface area contributed by atoms with Crippen LogP contribution in [0.1, 0.15) is 35.3 Å². The van der Waals surface area contributed by atoms with Gasteiger partial charge in [-0.1, -0.05) is 6.07 Å². The molecule has 94 valence electrons. The Hall–Kier alpha value is -1.86. The van der Waals surface area contributed by atoms with Crippen molar-refractivity contribution < 1.29 is 9.53 Å². The van der Waals surface area contributed by atoms with Crippen LogP contribution in [0.3, 0.4) is 0 Å². The highest BCUT2D eigenvalue weighted by molar-refractivity contribution is 5.94. The summed E-state index contributed by atoms with van der Waals surface area (Å²) in [5.74, 6) is -0.145. The van der Waals surface area contributed by atoms with Crippen molar-refractivity contribution in [3.63, 3.8) is 0 Å². The molecule has 1 aromatic rings. The van der Waals surface area contributed by atoms with Gasteiger partial charge in [-0.3, -0.25) is 4.79 Å². The summed E-state index contributed by atoms with van der Waals surface area (Å²) >= 11 is 0. The van der Waals surface area contributed by atoms with Crippen molar-refractivity contribution in [1.29, 1.82) is 5.26 Å². The second-order valence-electron chi connectivity index (χ2n) is 5.15. The fourth-order valence-corrected chi connectivity index (χ4v) is 1.76. The first-order valence-electron chi connectivity index (χ1n) is 5.91. The molecule has 1 aliphatic rings. The Morgan fingerprint density at radius 2 is 2.17 bits per heavy atom. The molecule has 4 heteroatoms. The number of nitrogens with zero attached hydrogens (tertiary/aromatic N) is 1. The molecule has 1 aliphatic heterocycles. The van der Waals surface area contributed by atoms with Crippen molar-refractivity contribution in [3.05, 3.63) is 34.9 Å². The summed E-state index contributed by atoms with van der Waals surface area (Å²) in [4.78, 5) is 11.9. The lowest BCUT2D eigenvalue weighted by Crippen LogP contribution is -2.33. The van der Waals surface area contributed by atoms with Gasteiger partial charge in [0.25, 0.3) is 5.91 Å². The monoisotopic (exact) mass is 244 g/mol. The highest BCUT2D eigenvalue weighted by Crippen LogP contribution is 2.21. The number of amides is 1. The first-order valence-corrected chi connectivity index (χ1v) is 5.91. The molecule has 0 atom stereocenters. The van der Waals surface area contributed by atoms with Gasteiger partial charge in [0.15, 0.2) is 0 Å². The summed E-state index contributed by atoms with van der Waals surface area (Å²) in [6, 6.07) is 7.73. The largest absolute Gasteiger partial charge is 0.372 e. The zero-order chi connectivity index (χ0) is 13.2. The number of ether oxygens (including phenoxy) is 1. The van der Waals surface area contributed by atoms with Crippen LogP contribution in [0.25, 0.3) is 0 Å². The molecule has 0 saturated carbocycles. The van der Waals surface area contributed by atoms with E-state index in [0.717, 1.165) is 11.1 Å². The quantitative estimate of drug-likeness (QED) is 0.884. The minimum Gasteiger partial charge on any atom is -0.372 e. The van der Waals surface area contributed by atoms with E-state index in [-0.39, 0.29) is 5.91 Å². The zero-order valence-electron chi connectivity index (χ0n) is 10.6. The molecule has 0 bridgehead atoms. The number of nitriles is 1. The second kappa shape index (κ2) is 4.79. The molecule has 2 rings (SSSR count). The number of rotatable bonds is 3. The predicted octanol–water partition coefficient (Wildman–Crippen LogP) is 2.00. The molecule has 0 radical (unpaired) electrons. The molecular weight excluding hydrogens is 228 g/mol. The molecule has 4 nitrogen and oxygen atoms in total. The third kappa shape index (κ3) is 2.69. The molecule has 0 aliphatic carbocycles. The van der Waals surface area contributed by atoms with Gasteiger partial charge in [0.2, 0.25) is 0 Å². The van der Waals surface area contributed by atoms with Gasteiger partial charge in [-0.05, 0) is 37.1 Å². The lowest BCUT2D eigenvalue weighted by molar-refractivity contribution is 0.0943. The van der Waals surface area contributed by atoms with Crippen LogP contribution < -0.4 is 5.32 Å². The molecular formula is C14H16N2O2. The van der Waals surface area contributed by atoms with Crippen LogP contribution in [-0.2, 0) is 18.0 Å². The topological polar surface area (TPSA) is 62.1 Å². The van der Waals surface area contributed by atoms with E-state index < -0.39 is 5.41 Å². The number of carbonyl (C=O) groups excluding carboxylic acids is 1. The second-order valence-corrected chi connectivity index (χ2v) is 5.15. The van der Waals surface area contributed by atoms with Crippen LogP contribution >= 0.6 is 0 Å². The average Bonchev–Trinajstić information content (AvgIpc) is 2.83. The van der Waals surface area contributed by atoms with E-state index in [9.17, 15) is 4.79 Å². The number of carbonyl (C=O) groups is 1. The Morgan fingerprint density at radius 1 is 1.44 bits per heavy atom. The van der Waals surface area contributed by atoms with Gasteiger partial charge in [0.1, 0.15) is 0 Å². The fraction of sp³-hybridized carbons (Fsp3) is 0.429. The maximum atomic E-state index is 11.9. The van der Waals surface area contributed by atoms with Crippen LogP contribution in [0.2, 0.25) is 0 Å². The van der Waals surface area contributed by atoms with E-state index in [2.05, 4.69) is 11.4 Å². The molecule has 18 heavy (non-hydrogen) atoms. The Balaban J connectivity index is 2.04. The van der Waals surface area contributed by atoms with Gasteiger partial charge < -0.3 is 10.1 Å². The Bertz CT molecular complexity index is 515. The van der Waals surface area contributed by atoms with E-state index in [4.69, 9.17) is 10.00 Å². The van der Waals surface area contributed by atoms with Crippen LogP contribution in [0, 0.1) is 16.7 Å². The van der Waals surface area contributed by atoms with Crippen LogP contribution in [-0.4, -0.2) is 12.5 Å². The summed E-state index contributed by atoms with van der Waals surface area (Å²) in [6.07, 6.45) is 0. The SMILES string of the molecule is CC(C)(C#N)CNC(=O)c1ccc2c(c1)COC2. The molecule has 1 aromatic carbocycles. The first kappa shape index (κ1) is 12.6. The number of nitrogens with one attached hydrogen (secondary N) is 1. The van der Waals surface area contributed by atoms with Crippen molar-refractivity contribution in [1.82, 2.24) is 5.32 Å². The molecule has 1 N–H and O–H groups in total. The molecule has 0 spiro atoms. The van der Waals surface area contributed by atoms with Gasteiger partial charge in [-0.25, -0.2) is 0 Å². The minimum absolute atomic E-state index is 0.145. The lowest BCUT2D eigenvalue weighted by atomic mass is 9.96. The Morgan fingerprint density at radius 3 is 2.89 bits per heavy atom. The predicted molar refractivity (Wildman–Crippen MR) is 66.7 cm³/mol. The molecule has 1 amide bonds. The summed E-state index contributed by atoms with van der Waals surface area (Å²) in [5, 5.41) is 11.7. The van der Waals surface area contributed by atoms with Gasteiger partial charge in [0.05, 0.1) is 24.7 Å². The van der Waals surface area contributed by atoms with Crippen molar-refractivity contribution >= 4 is 5.91 Å². The summed E-state index contributed by atoms with van der Waals surface area (Å²) in [7, 11) is 0. The number of hydrogen-bond acceptors (Lipinski definition) is 3. The summed E-state index contributed by atoms with van der Waals surface area (Å²) in [5.41, 5.74) is 2.29. The van der Waals surface area contributed by atoms with Crippen LogP contribution in [0.4, 0.5) is 0 Å². The molecule has 0 fully saturated rings. The van der Waals surface area contributed by atoms with E-state index in [1.165, 1.54) is 0 Å². The highest BCUT2D eigenvalue weighted by atomic mass is 16.5. The molecule has 0 aromatic heterocycles. The van der Waals surface area contributed by atoms with E-state index >= 15 is 0 Å². The maximum Gasteiger partial charge on any atom is 0.251 e. The fourth-order valence-electron chi connectivity index (χ4n) is 1.76. The first-order chi connectivity index (χ1) is 8.52. The summed E-state index contributed by atoms with van der Waals surface area (Å²) < 4.78 is 5.31. The Kier molecular flexibility index (Phi) is 3.35. The van der Waals surface area contributed by atoms with Crippen molar-refractivity contribution in [2.45, 2.75) is 27.1 Å². The van der Waals surface area contributed by atoms with Crippen LogP contribution in [0.15, 0.2) is 18.2 Å². The van der Waals surface area contributed by atoms with Gasteiger partial charge in [-0.2, -0.15) is 5.26 Å². The smallest absolute Gasteiger partial charge is 0.251 e.